The highest BCUT2D eigenvalue weighted by Crippen LogP contribution is 2.44. The third-order valence-corrected chi connectivity index (χ3v) is 18.2. The van der Waals surface area contributed by atoms with E-state index in [2.05, 4.69) is 73.0 Å². The van der Waals surface area contributed by atoms with Gasteiger partial charge >= 0.3 is 0 Å². The molecule has 3 aliphatic heterocycles. The van der Waals surface area contributed by atoms with E-state index < -0.39 is 34.3 Å². The molecule has 222 valence electrons. The fourth-order valence-electron chi connectivity index (χ4n) is 4.85. The second-order valence-corrected chi connectivity index (χ2v) is 24.9. The first-order valence-corrected chi connectivity index (χ1v) is 20.1. The zero-order chi connectivity index (χ0) is 29.1. The molecule has 6 atom stereocenters. The SMILES string of the molecule is CC1(C)OC[C@H]([C@H](O[Si](C)(C)C(C)(C)C)[C@@H]2C[C@H]([C@H](O[Si](C)(C)C(C)(C)C)[C@H]3COC(C)(C)O3)NC2=O)O1. The van der Waals surface area contributed by atoms with Crippen molar-refractivity contribution in [2.24, 2.45) is 5.92 Å². The van der Waals surface area contributed by atoms with Crippen molar-refractivity contribution in [3.8, 4) is 0 Å². The summed E-state index contributed by atoms with van der Waals surface area (Å²) >= 11 is 0. The van der Waals surface area contributed by atoms with Crippen molar-refractivity contribution in [2.45, 2.75) is 154 Å². The lowest BCUT2D eigenvalue weighted by Crippen LogP contribution is -2.54. The molecule has 0 aliphatic carbocycles. The Balaban J connectivity index is 1.92. The minimum Gasteiger partial charge on any atom is -0.410 e. The number of hydrogen-bond acceptors (Lipinski definition) is 7. The topological polar surface area (TPSA) is 84.5 Å². The van der Waals surface area contributed by atoms with Crippen LogP contribution in [0.4, 0.5) is 0 Å². The summed E-state index contributed by atoms with van der Waals surface area (Å²) in [6.07, 6.45) is -0.741. The average molecular weight is 574 g/mol. The number of nitrogens with one attached hydrogen (secondary N) is 1. The van der Waals surface area contributed by atoms with Gasteiger partial charge in [0.1, 0.15) is 12.2 Å². The van der Waals surface area contributed by atoms with E-state index in [0.29, 0.717) is 19.6 Å². The highest BCUT2D eigenvalue weighted by molar-refractivity contribution is 6.74. The van der Waals surface area contributed by atoms with Crippen LogP contribution in [0.3, 0.4) is 0 Å². The Bertz CT molecular complexity index is 862. The summed E-state index contributed by atoms with van der Waals surface area (Å²) in [4.78, 5) is 13.7. The van der Waals surface area contributed by atoms with E-state index in [9.17, 15) is 4.79 Å². The van der Waals surface area contributed by atoms with Gasteiger partial charge in [-0.05, 0) is 70.4 Å². The minimum absolute atomic E-state index is 0.0106. The van der Waals surface area contributed by atoms with Gasteiger partial charge in [0.2, 0.25) is 5.91 Å². The lowest BCUT2D eigenvalue weighted by atomic mass is 9.92. The maximum absolute atomic E-state index is 13.7. The molecule has 3 saturated heterocycles. The van der Waals surface area contributed by atoms with Gasteiger partial charge in [-0.15, -0.1) is 0 Å². The molecule has 0 spiro atoms. The number of amides is 1. The third-order valence-electron chi connectivity index (χ3n) is 9.23. The van der Waals surface area contributed by atoms with Gasteiger partial charge in [0.15, 0.2) is 28.2 Å². The summed E-state index contributed by atoms with van der Waals surface area (Å²) < 4.78 is 38.5. The maximum Gasteiger partial charge on any atom is 0.226 e. The van der Waals surface area contributed by atoms with Crippen LogP contribution >= 0.6 is 0 Å². The van der Waals surface area contributed by atoms with Gasteiger partial charge in [-0.3, -0.25) is 4.79 Å². The zero-order valence-corrected chi connectivity index (χ0v) is 28.4. The number of hydrogen-bond donors (Lipinski definition) is 1. The monoisotopic (exact) mass is 573 g/mol. The van der Waals surface area contributed by atoms with Gasteiger partial charge in [-0.25, -0.2) is 0 Å². The van der Waals surface area contributed by atoms with Crippen LogP contribution in [-0.4, -0.2) is 77.8 Å². The molecule has 0 unspecified atom stereocenters. The van der Waals surface area contributed by atoms with E-state index in [0.717, 1.165) is 0 Å². The van der Waals surface area contributed by atoms with Crippen molar-refractivity contribution < 1.29 is 32.6 Å². The van der Waals surface area contributed by atoms with Crippen LogP contribution in [0.5, 0.6) is 0 Å². The first-order chi connectivity index (χ1) is 16.9. The summed E-state index contributed by atoms with van der Waals surface area (Å²) in [5, 5.41) is 3.29. The molecule has 0 aromatic heterocycles. The maximum atomic E-state index is 13.7. The molecule has 0 saturated carbocycles. The molecule has 0 radical (unpaired) electrons. The second-order valence-electron chi connectivity index (χ2n) is 15.4. The molecular weight excluding hydrogens is 518 g/mol. The van der Waals surface area contributed by atoms with Crippen LogP contribution in [0, 0.1) is 5.92 Å². The van der Waals surface area contributed by atoms with Crippen molar-refractivity contribution in [3.63, 3.8) is 0 Å². The van der Waals surface area contributed by atoms with Crippen molar-refractivity contribution >= 4 is 22.5 Å². The van der Waals surface area contributed by atoms with Crippen molar-refractivity contribution in [1.29, 1.82) is 0 Å². The first-order valence-electron chi connectivity index (χ1n) is 14.2. The first kappa shape index (κ1) is 32.2. The molecule has 1 N–H and O–H groups in total. The third kappa shape index (κ3) is 7.10. The number of carbonyl (C=O) groups excluding carboxylic acids is 1. The lowest BCUT2D eigenvalue weighted by molar-refractivity contribution is -0.156. The quantitative estimate of drug-likeness (QED) is 0.380. The summed E-state index contributed by atoms with van der Waals surface area (Å²) in [6, 6.07) is -0.218. The Morgan fingerprint density at radius 1 is 0.789 bits per heavy atom. The molecule has 10 heteroatoms. The Labute approximate surface area is 233 Å². The molecule has 1 amide bonds. The normalized spacial score (nSPS) is 31.9. The van der Waals surface area contributed by atoms with Crippen LogP contribution in [0.1, 0.15) is 75.7 Å². The predicted molar refractivity (Wildman–Crippen MR) is 154 cm³/mol. The Hall–Kier alpha value is -0.336. The fraction of sp³-hybridized carbons (Fsp3) is 0.964. The minimum atomic E-state index is -2.22. The molecule has 3 fully saturated rings. The van der Waals surface area contributed by atoms with Crippen molar-refractivity contribution in [1.82, 2.24) is 5.32 Å². The van der Waals surface area contributed by atoms with Gasteiger partial charge < -0.3 is 33.1 Å². The molecule has 0 aromatic rings. The molecule has 0 aromatic carbocycles. The van der Waals surface area contributed by atoms with Gasteiger partial charge in [0, 0.05) is 0 Å². The number of ether oxygens (including phenoxy) is 4. The Kier molecular flexibility index (Phi) is 8.89. The van der Waals surface area contributed by atoms with E-state index in [1.54, 1.807) is 0 Å². The van der Waals surface area contributed by atoms with E-state index in [-0.39, 0.29) is 46.3 Å². The van der Waals surface area contributed by atoms with Crippen LogP contribution in [0.2, 0.25) is 36.3 Å². The number of rotatable bonds is 8. The summed E-state index contributed by atoms with van der Waals surface area (Å²) in [6.45, 7) is 30.8. The van der Waals surface area contributed by atoms with E-state index in [1.165, 1.54) is 0 Å². The lowest BCUT2D eigenvalue weighted by Gasteiger charge is -2.43. The van der Waals surface area contributed by atoms with Gasteiger partial charge in [-0.1, -0.05) is 41.5 Å². The zero-order valence-electron chi connectivity index (χ0n) is 26.4. The highest BCUT2D eigenvalue weighted by atomic mass is 28.4. The summed E-state index contributed by atoms with van der Waals surface area (Å²) in [7, 11) is -4.40. The average Bonchev–Trinajstić information content (AvgIpc) is 3.38. The van der Waals surface area contributed by atoms with Crippen LogP contribution in [-0.2, 0) is 32.6 Å². The predicted octanol–water partition coefficient (Wildman–Crippen LogP) is 5.57. The second kappa shape index (κ2) is 10.5. The molecule has 3 rings (SSSR count). The summed E-state index contributed by atoms with van der Waals surface area (Å²) in [5.41, 5.74) is 0. The van der Waals surface area contributed by atoms with Gasteiger partial charge in [0.25, 0.3) is 0 Å². The van der Waals surface area contributed by atoms with Gasteiger partial charge in [-0.2, -0.15) is 0 Å². The van der Waals surface area contributed by atoms with Crippen LogP contribution in [0.25, 0.3) is 0 Å². The molecule has 3 heterocycles. The molecule has 0 bridgehead atoms. The molecule has 8 nitrogen and oxygen atoms in total. The fourth-order valence-corrected chi connectivity index (χ4v) is 7.55. The van der Waals surface area contributed by atoms with E-state index in [4.69, 9.17) is 27.8 Å². The van der Waals surface area contributed by atoms with Crippen molar-refractivity contribution in [3.05, 3.63) is 0 Å². The Morgan fingerprint density at radius 3 is 1.55 bits per heavy atom. The number of carbonyl (C=O) groups is 1. The van der Waals surface area contributed by atoms with E-state index >= 15 is 0 Å². The highest BCUT2D eigenvalue weighted by Gasteiger charge is 2.54. The summed E-state index contributed by atoms with van der Waals surface area (Å²) in [5.74, 6) is -1.79. The van der Waals surface area contributed by atoms with Crippen molar-refractivity contribution in [2.75, 3.05) is 13.2 Å². The Morgan fingerprint density at radius 2 is 1.18 bits per heavy atom. The molecule has 38 heavy (non-hydrogen) atoms. The van der Waals surface area contributed by atoms with Crippen LogP contribution in [0.15, 0.2) is 0 Å². The van der Waals surface area contributed by atoms with Crippen LogP contribution < -0.4 is 5.32 Å². The van der Waals surface area contributed by atoms with E-state index in [1.807, 2.05) is 27.7 Å². The standard InChI is InChI=1S/C28H55NO7Si2/c1-25(2,3)37(11,12)35-22(20-16-31-27(7,8)33-20)18-15-19(29-24(18)30)23(21-17-32-28(9,10)34-21)36-38(13,14)26(4,5)6/h18-23H,15-17H2,1-14H3,(H,29,30)/t18-,19+,20+,21+,22+,23-/m0/s1. The smallest absolute Gasteiger partial charge is 0.226 e. The molecular formula is C28H55NO7Si2. The largest absolute Gasteiger partial charge is 0.410 e. The van der Waals surface area contributed by atoms with Gasteiger partial charge in [0.05, 0.1) is 37.4 Å². The molecule has 3 aliphatic rings.